The summed E-state index contributed by atoms with van der Waals surface area (Å²) >= 11 is 0. The van der Waals surface area contributed by atoms with Gasteiger partial charge in [-0.05, 0) is 12.1 Å². The normalized spacial score (nSPS) is 14.6. The molecular weight excluding hydrogens is 263 g/mol. The Morgan fingerprint density at radius 3 is 3.00 bits per heavy atom. The number of halogens is 3. The van der Waals surface area contributed by atoms with E-state index < -0.39 is 18.8 Å². The van der Waals surface area contributed by atoms with Gasteiger partial charge in [-0.3, -0.25) is 4.90 Å². The number of hydrogen-bond acceptors (Lipinski definition) is 3. The van der Waals surface area contributed by atoms with Gasteiger partial charge in [0.1, 0.15) is 13.2 Å². The summed E-state index contributed by atoms with van der Waals surface area (Å²) in [6.07, 6.45) is -2.97. The number of pyridine rings is 1. The smallest absolute Gasteiger partial charge is 0.406 e. The van der Waals surface area contributed by atoms with Crippen LogP contribution in [-0.2, 0) is 0 Å². The number of fused-ring (bicyclic) bond motifs is 1. The van der Waals surface area contributed by atoms with Gasteiger partial charge in [0, 0.05) is 13.2 Å². The number of aromatic nitrogens is 1. The summed E-state index contributed by atoms with van der Waals surface area (Å²) in [6, 6.07) is 2.50. The van der Waals surface area contributed by atoms with Crippen LogP contribution in [0.25, 0.3) is 0 Å². The van der Waals surface area contributed by atoms with E-state index in [4.69, 9.17) is 4.74 Å². The second kappa shape index (κ2) is 4.94. The summed E-state index contributed by atoms with van der Waals surface area (Å²) in [5.74, 6) is 0.635. The van der Waals surface area contributed by atoms with Crippen molar-refractivity contribution in [2.24, 2.45) is 0 Å². The third-order valence-electron chi connectivity index (χ3n) is 2.55. The number of rotatable bonds is 1. The number of carbonyl (C=O) groups is 1. The number of ether oxygens (including phenoxy) is 1. The summed E-state index contributed by atoms with van der Waals surface area (Å²) in [6.45, 7) is -0.902. The fraction of sp³-hybridized carbons (Fsp3) is 0.455. The molecule has 0 spiro atoms. The SMILES string of the molecule is CN(CC(F)(F)F)C(=O)N1CCOc2cccnc21. The van der Waals surface area contributed by atoms with Crippen molar-refractivity contribution in [1.82, 2.24) is 9.88 Å². The molecule has 0 radical (unpaired) electrons. The van der Waals surface area contributed by atoms with E-state index >= 15 is 0 Å². The molecule has 0 unspecified atom stereocenters. The molecule has 5 nitrogen and oxygen atoms in total. The lowest BCUT2D eigenvalue weighted by Gasteiger charge is -2.31. The van der Waals surface area contributed by atoms with Crippen LogP contribution >= 0.6 is 0 Å². The minimum Gasteiger partial charge on any atom is -0.488 e. The molecule has 0 fully saturated rings. The Morgan fingerprint density at radius 1 is 1.58 bits per heavy atom. The second-order valence-electron chi connectivity index (χ2n) is 4.08. The lowest BCUT2D eigenvalue weighted by molar-refractivity contribution is -0.137. The number of urea groups is 1. The highest BCUT2D eigenvalue weighted by Crippen LogP contribution is 2.29. The van der Waals surface area contributed by atoms with Gasteiger partial charge < -0.3 is 9.64 Å². The van der Waals surface area contributed by atoms with Gasteiger partial charge >= 0.3 is 12.2 Å². The fourth-order valence-corrected chi connectivity index (χ4v) is 1.78. The summed E-state index contributed by atoms with van der Waals surface area (Å²) in [5, 5.41) is 0. The number of carbonyl (C=O) groups excluding carboxylic acids is 1. The van der Waals surface area contributed by atoms with Crippen LogP contribution in [0.4, 0.5) is 23.8 Å². The summed E-state index contributed by atoms with van der Waals surface area (Å²) in [7, 11) is 1.11. The lowest BCUT2D eigenvalue weighted by atomic mass is 10.3. The highest BCUT2D eigenvalue weighted by Gasteiger charge is 2.34. The van der Waals surface area contributed by atoms with Gasteiger partial charge in [0.05, 0.1) is 6.54 Å². The maximum Gasteiger partial charge on any atom is 0.406 e. The predicted octanol–water partition coefficient (Wildman–Crippen LogP) is 1.89. The fourth-order valence-electron chi connectivity index (χ4n) is 1.78. The van der Waals surface area contributed by atoms with Gasteiger partial charge in [0.25, 0.3) is 0 Å². The molecule has 1 aliphatic heterocycles. The molecule has 1 aliphatic rings. The molecule has 0 saturated carbocycles. The van der Waals surface area contributed by atoms with Crippen molar-refractivity contribution in [2.75, 3.05) is 31.6 Å². The van der Waals surface area contributed by atoms with Crippen LogP contribution < -0.4 is 9.64 Å². The van der Waals surface area contributed by atoms with Crippen LogP contribution in [0.3, 0.4) is 0 Å². The molecule has 2 amide bonds. The molecule has 0 aromatic carbocycles. The van der Waals surface area contributed by atoms with E-state index in [1.54, 1.807) is 12.1 Å². The number of alkyl halides is 3. The van der Waals surface area contributed by atoms with E-state index in [-0.39, 0.29) is 19.0 Å². The zero-order valence-electron chi connectivity index (χ0n) is 10.1. The number of anilines is 1. The lowest BCUT2D eigenvalue weighted by Crippen LogP contribution is -2.48. The van der Waals surface area contributed by atoms with Crippen molar-refractivity contribution in [1.29, 1.82) is 0 Å². The summed E-state index contributed by atoms with van der Waals surface area (Å²) in [5.41, 5.74) is 0. The van der Waals surface area contributed by atoms with Crippen LogP contribution in [0.5, 0.6) is 5.75 Å². The van der Waals surface area contributed by atoms with Gasteiger partial charge in [-0.1, -0.05) is 0 Å². The topological polar surface area (TPSA) is 45.7 Å². The minimum absolute atomic E-state index is 0.172. The van der Waals surface area contributed by atoms with Gasteiger partial charge in [-0.2, -0.15) is 13.2 Å². The average molecular weight is 275 g/mol. The first-order valence-corrected chi connectivity index (χ1v) is 5.56. The van der Waals surface area contributed by atoms with E-state index in [1.807, 2.05) is 0 Å². The monoisotopic (exact) mass is 275 g/mol. The molecule has 2 rings (SSSR count). The Balaban J connectivity index is 2.17. The Kier molecular flexibility index (Phi) is 3.50. The third-order valence-corrected chi connectivity index (χ3v) is 2.55. The molecule has 2 heterocycles. The van der Waals surface area contributed by atoms with Gasteiger partial charge in [0.2, 0.25) is 0 Å². The van der Waals surface area contributed by atoms with E-state index in [1.165, 1.54) is 11.1 Å². The average Bonchev–Trinajstić information content (AvgIpc) is 2.35. The molecule has 0 N–H and O–H groups in total. The molecule has 8 heteroatoms. The minimum atomic E-state index is -4.43. The number of hydrogen-bond donors (Lipinski definition) is 0. The van der Waals surface area contributed by atoms with Crippen LogP contribution in [0.15, 0.2) is 18.3 Å². The Bertz CT molecular complexity index is 478. The largest absolute Gasteiger partial charge is 0.488 e. The van der Waals surface area contributed by atoms with E-state index in [0.717, 1.165) is 7.05 Å². The molecule has 1 aromatic heterocycles. The zero-order valence-corrected chi connectivity index (χ0v) is 10.1. The first-order valence-electron chi connectivity index (χ1n) is 5.56. The Morgan fingerprint density at radius 2 is 2.32 bits per heavy atom. The van der Waals surface area contributed by atoms with Gasteiger partial charge in [-0.15, -0.1) is 0 Å². The molecular formula is C11H12F3N3O2. The van der Waals surface area contributed by atoms with Crippen molar-refractivity contribution in [3.05, 3.63) is 18.3 Å². The molecule has 0 aliphatic carbocycles. The number of nitrogens with zero attached hydrogens (tertiary/aromatic N) is 3. The van der Waals surface area contributed by atoms with Crippen molar-refractivity contribution in [2.45, 2.75) is 6.18 Å². The molecule has 0 saturated heterocycles. The van der Waals surface area contributed by atoms with Crippen LogP contribution in [0.1, 0.15) is 0 Å². The molecule has 1 aromatic rings. The van der Waals surface area contributed by atoms with Crippen LogP contribution in [0.2, 0.25) is 0 Å². The Hall–Kier alpha value is -1.99. The zero-order chi connectivity index (χ0) is 14.0. The van der Waals surface area contributed by atoms with E-state index in [2.05, 4.69) is 4.98 Å². The van der Waals surface area contributed by atoms with Crippen LogP contribution in [0, 0.1) is 0 Å². The Labute approximate surface area is 107 Å². The van der Waals surface area contributed by atoms with Gasteiger partial charge in [0.15, 0.2) is 11.6 Å². The quantitative estimate of drug-likeness (QED) is 0.786. The van der Waals surface area contributed by atoms with Crippen molar-refractivity contribution >= 4 is 11.8 Å². The molecule has 104 valence electrons. The molecule has 19 heavy (non-hydrogen) atoms. The van der Waals surface area contributed by atoms with Crippen LogP contribution in [-0.4, -0.2) is 48.8 Å². The maximum absolute atomic E-state index is 12.3. The standard InChI is InChI=1S/C11H12F3N3O2/c1-16(7-11(12,13)14)10(18)17-5-6-19-8-3-2-4-15-9(8)17/h2-4H,5-7H2,1H3. The third kappa shape index (κ3) is 3.07. The first kappa shape index (κ1) is 13.4. The van der Waals surface area contributed by atoms with Crippen molar-refractivity contribution < 1.29 is 22.7 Å². The van der Waals surface area contributed by atoms with Gasteiger partial charge in [-0.25, -0.2) is 9.78 Å². The molecule has 0 atom stereocenters. The van der Waals surface area contributed by atoms with Crippen molar-refractivity contribution in [3.63, 3.8) is 0 Å². The molecule has 0 bridgehead atoms. The van der Waals surface area contributed by atoms with E-state index in [9.17, 15) is 18.0 Å². The summed E-state index contributed by atoms with van der Waals surface area (Å²) in [4.78, 5) is 17.8. The second-order valence-corrected chi connectivity index (χ2v) is 4.08. The highest BCUT2D eigenvalue weighted by molar-refractivity contribution is 5.92. The van der Waals surface area contributed by atoms with Crippen molar-refractivity contribution in [3.8, 4) is 5.75 Å². The highest BCUT2D eigenvalue weighted by atomic mass is 19.4. The first-order chi connectivity index (χ1) is 8.88. The number of amides is 2. The maximum atomic E-state index is 12.3. The summed E-state index contributed by atoms with van der Waals surface area (Å²) < 4.78 is 42.1. The predicted molar refractivity (Wildman–Crippen MR) is 61.2 cm³/mol. The van der Waals surface area contributed by atoms with E-state index in [0.29, 0.717) is 10.6 Å².